The molecule has 0 aliphatic carbocycles. The summed E-state index contributed by atoms with van der Waals surface area (Å²) in [4.78, 5) is 0.206. The fraction of sp³-hybridized carbons (Fsp3) is 0.263. The van der Waals surface area contributed by atoms with Crippen LogP contribution >= 0.6 is 0 Å². The van der Waals surface area contributed by atoms with Gasteiger partial charge in [-0.15, -0.1) is 5.92 Å². The Morgan fingerprint density at radius 3 is 2.04 bits per heavy atom. The Morgan fingerprint density at radius 2 is 1.56 bits per heavy atom. The minimum atomic E-state index is -3.77. The van der Waals surface area contributed by atoms with Crippen molar-refractivity contribution in [1.82, 2.24) is 0 Å². The minimum absolute atomic E-state index is 0.0308. The Bertz CT molecular complexity index is 871. The van der Waals surface area contributed by atoms with Crippen LogP contribution in [0.5, 0.6) is 11.5 Å². The van der Waals surface area contributed by atoms with Gasteiger partial charge in [0.05, 0.1) is 31.3 Å². The zero-order valence-electron chi connectivity index (χ0n) is 14.7. The van der Waals surface area contributed by atoms with E-state index >= 15 is 0 Å². The van der Waals surface area contributed by atoms with Crippen molar-refractivity contribution < 1.29 is 17.9 Å². The van der Waals surface area contributed by atoms with Crippen LogP contribution < -0.4 is 13.8 Å². The van der Waals surface area contributed by atoms with E-state index in [0.717, 1.165) is 5.56 Å². The zero-order chi connectivity index (χ0) is 18.4. The van der Waals surface area contributed by atoms with Crippen LogP contribution in [0.4, 0.5) is 5.69 Å². The minimum Gasteiger partial charge on any atom is -0.497 e. The Labute approximate surface area is 149 Å². The summed E-state index contributed by atoms with van der Waals surface area (Å²) in [5.74, 6) is 6.57. The van der Waals surface area contributed by atoms with E-state index in [1.54, 1.807) is 49.4 Å². The monoisotopic (exact) mass is 359 g/mol. The highest BCUT2D eigenvalue weighted by Gasteiger charge is 2.25. The van der Waals surface area contributed by atoms with Crippen LogP contribution in [0.25, 0.3) is 0 Å². The van der Waals surface area contributed by atoms with Crippen LogP contribution in [0, 0.1) is 18.8 Å². The lowest BCUT2D eigenvalue weighted by atomic mass is 10.2. The van der Waals surface area contributed by atoms with Crippen molar-refractivity contribution in [3.63, 3.8) is 0 Å². The fourth-order valence-corrected chi connectivity index (χ4v) is 3.59. The average Bonchev–Trinajstić information content (AvgIpc) is 2.61. The second-order valence-corrected chi connectivity index (χ2v) is 7.18. The smallest absolute Gasteiger partial charge is 0.265 e. The summed E-state index contributed by atoms with van der Waals surface area (Å²) in [5, 5.41) is 0. The molecule has 0 aliphatic heterocycles. The third-order valence-electron chi connectivity index (χ3n) is 3.63. The third kappa shape index (κ3) is 4.25. The van der Waals surface area contributed by atoms with Crippen molar-refractivity contribution in [2.24, 2.45) is 0 Å². The van der Waals surface area contributed by atoms with Crippen LogP contribution in [0.3, 0.4) is 0 Å². The first kappa shape index (κ1) is 18.7. The van der Waals surface area contributed by atoms with E-state index in [-0.39, 0.29) is 11.4 Å². The molecule has 0 fully saturated rings. The summed E-state index contributed by atoms with van der Waals surface area (Å²) in [7, 11) is -0.739. The molecule has 0 aromatic heterocycles. The van der Waals surface area contributed by atoms with Gasteiger partial charge in [0.2, 0.25) is 0 Å². The van der Waals surface area contributed by atoms with E-state index in [1.165, 1.54) is 18.5 Å². The third-order valence-corrected chi connectivity index (χ3v) is 5.42. The molecule has 0 heterocycles. The molecular weight excluding hydrogens is 338 g/mol. The van der Waals surface area contributed by atoms with Gasteiger partial charge in [-0.2, -0.15) is 0 Å². The molecule has 0 atom stereocenters. The lowest BCUT2D eigenvalue weighted by molar-refractivity contribution is 0.394. The number of rotatable bonds is 6. The maximum absolute atomic E-state index is 13.1. The lowest BCUT2D eigenvalue weighted by Crippen LogP contribution is -2.31. The molecule has 0 saturated heterocycles. The molecule has 0 N–H and O–H groups in total. The molecule has 132 valence electrons. The molecule has 6 heteroatoms. The highest BCUT2D eigenvalue weighted by molar-refractivity contribution is 7.92. The molecular formula is C19H21NO4S. The lowest BCUT2D eigenvalue weighted by Gasteiger charge is -2.23. The maximum Gasteiger partial charge on any atom is 0.265 e. The zero-order valence-corrected chi connectivity index (χ0v) is 15.6. The Balaban J connectivity index is 2.59. The molecule has 0 aliphatic rings. The van der Waals surface area contributed by atoms with Gasteiger partial charge in [-0.25, -0.2) is 8.42 Å². The van der Waals surface area contributed by atoms with Gasteiger partial charge in [0.25, 0.3) is 10.0 Å². The first-order chi connectivity index (χ1) is 11.9. The molecule has 0 unspecified atom stereocenters. The highest BCUT2D eigenvalue weighted by atomic mass is 32.2. The van der Waals surface area contributed by atoms with Gasteiger partial charge in [0, 0.05) is 18.2 Å². The van der Waals surface area contributed by atoms with Crippen molar-refractivity contribution in [2.45, 2.75) is 18.7 Å². The predicted molar refractivity (Wildman–Crippen MR) is 98.7 cm³/mol. The summed E-state index contributed by atoms with van der Waals surface area (Å²) in [6.07, 6.45) is 0. The molecule has 0 saturated carbocycles. The summed E-state index contributed by atoms with van der Waals surface area (Å²) in [6.45, 7) is 3.61. The van der Waals surface area contributed by atoms with Crippen LogP contribution in [0.15, 0.2) is 47.4 Å². The van der Waals surface area contributed by atoms with Crippen LogP contribution in [-0.4, -0.2) is 29.2 Å². The van der Waals surface area contributed by atoms with E-state index in [0.29, 0.717) is 17.2 Å². The molecule has 2 aromatic rings. The average molecular weight is 359 g/mol. The topological polar surface area (TPSA) is 55.8 Å². The fourth-order valence-electron chi connectivity index (χ4n) is 2.24. The number of nitrogens with zero attached hydrogens (tertiary/aromatic N) is 1. The second-order valence-electron chi connectivity index (χ2n) is 5.32. The van der Waals surface area contributed by atoms with Crippen molar-refractivity contribution in [2.75, 3.05) is 25.1 Å². The molecule has 0 amide bonds. The van der Waals surface area contributed by atoms with Gasteiger partial charge in [-0.05, 0) is 26.0 Å². The van der Waals surface area contributed by atoms with Crippen LogP contribution in [0.2, 0.25) is 0 Å². The summed E-state index contributed by atoms with van der Waals surface area (Å²) >= 11 is 0. The number of methoxy groups -OCH3 is 2. The number of anilines is 1. The Morgan fingerprint density at radius 1 is 1.00 bits per heavy atom. The number of ether oxygens (including phenoxy) is 2. The second kappa shape index (κ2) is 7.95. The van der Waals surface area contributed by atoms with E-state index in [2.05, 4.69) is 11.8 Å². The van der Waals surface area contributed by atoms with Crippen LogP contribution in [-0.2, 0) is 10.0 Å². The normalized spacial score (nSPS) is 10.6. The summed E-state index contributed by atoms with van der Waals surface area (Å²) in [6, 6.07) is 11.7. The van der Waals surface area contributed by atoms with Crippen molar-refractivity contribution >= 4 is 15.7 Å². The number of hydrogen-bond acceptors (Lipinski definition) is 4. The number of hydrogen-bond donors (Lipinski definition) is 0. The van der Waals surface area contributed by atoms with E-state index < -0.39 is 10.0 Å². The summed E-state index contributed by atoms with van der Waals surface area (Å²) < 4.78 is 38.0. The van der Waals surface area contributed by atoms with Gasteiger partial charge >= 0.3 is 0 Å². The van der Waals surface area contributed by atoms with E-state index in [1.807, 2.05) is 6.92 Å². The van der Waals surface area contributed by atoms with Gasteiger partial charge in [0.1, 0.15) is 11.5 Å². The maximum atomic E-state index is 13.1. The number of aryl methyl sites for hydroxylation is 1. The SMILES string of the molecule is CC#CCN(c1cc(OC)cc(OC)c1)S(=O)(=O)c1ccc(C)cc1. The summed E-state index contributed by atoms with van der Waals surface area (Å²) in [5.41, 5.74) is 1.42. The van der Waals surface area contributed by atoms with Crippen molar-refractivity contribution in [1.29, 1.82) is 0 Å². The first-order valence-electron chi connectivity index (χ1n) is 7.64. The quantitative estimate of drug-likeness (QED) is 0.743. The van der Waals surface area contributed by atoms with Gasteiger partial charge in [-0.3, -0.25) is 4.31 Å². The van der Waals surface area contributed by atoms with E-state index in [9.17, 15) is 8.42 Å². The molecule has 2 aromatic carbocycles. The van der Waals surface area contributed by atoms with Gasteiger partial charge < -0.3 is 9.47 Å². The molecule has 5 nitrogen and oxygen atoms in total. The predicted octanol–water partition coefficient (Wildman–Crippen LogP) is 3.23. The largest absolute Gasteiger partial charge is 0.497 e. The Kier molecular flexibility index (Phi) is 5.94. The highest BCUT2D eigenvalue weighted by Crippen LogP contribution is 2.31. The van der Waals surface area contributed by atoms with E-state index in [4.69, 9.17) is 9.47 Å². The Hall–Kier alpha value is -2.65. The number of sulfonamides is 1. The molecule has 2 rings (SSSR count). The molecule has 0 spiro atoms. The van der Waals surface area contributed by atoms with Crippen LogP contribution in [0.1, 0.15) is 12.5 Å². The molecule has 0 bridgehead atoms. The number of benzene rings is 2. The van der Waals surface area contributed by atoms with Crippen molar-refractivity contribution in [3.8, 4) is 23.3 Å². The van der Waals surface area contributed by atoms with Gasteiger partial charge in [-0.1, -0.05) is 23.6 Å². The standard InChI is InChI=1S/C19H21NO4S/c1-5-6-11-20(16-12-17(23-3)14-18(13-16)24-4)25(21,22)19-9-7-15(2)8-10-19/h7-10,12-14H,11H2,1-4H3. The molecule has 0 radical (unpaired) electrons. The first-order valence-corrected chi connectivity index (χ1v) is 9.08. The van der Waals surface area contributed by atoms with Crippen molar-refractivity contribution in [3.05, 3.63) is 48.0 Å². The van der Waals surface area contributed by atoms with Gasteiger partial charge in [0.15, 0.2) is 0 Å². The molecule has 25 heavy (non-hydrogen) atoms.